The van der Waals surface area contributed by atoms with Gasteiger partial charge in [-0.25, -0.2) is 4.98 Å². The molecule has 3 rings (SSSR count). The Balaban J connectivity index is 1.77. The summed E-state index contributed by atoms with van der Waals surface area (Å²) >= 11 is 1.72. The molecule has 0 N–H and O–H groups in total. The number of methoxy groups -OCH3 is 1. The minimum Gasteiger partial charge on any atom is -0.379 e. The molecule has 2 unspecified atom stereocenters. The Morgan fingerprint density at radius 2 is 2.10 bits per heavy atom. The van der Waals surface area contributed by atoms with E-state index in [0.29, 0.717) is 12.0 Å². The lowest BCUT2D eigenvalue weighted by molar-refractivity contribution is 0.0498. The fourth-order valence-electron chi connectivity index (χ4n) is 2.67. The summed E-state index contributed by atoms with van der Waals surface area (Å²) in [6.07, 6.45) is 1.48. The van der Waals surface area contributed by atoms with Crippen molar-refractivity contribution in [3.8, 4) is 11.3 Å². The molecule has 0 amide bonds. The standard InChI is InChI=1S/C16H20N2OS/c1-12-8-9-18(10-15(12)19-2)16-17-14(11-20-16)13-6-4-3-5-7-13/h3-7,11-12,15H,8-10H2,1-2H3. The lowest BCUT2D eigenvalue weighted by atomic mass is 9.96. The van der Waals surface area contributed by atoms with E-state index in [0.717, 1.165) is 23.9 Å². The smallest absolute Gasteiger partial charge is 0.185 e. The Labute approximate surface area is 124 Å². The van der Waals surface area contributed by atoms with Gasteiger partial charge in [0.15, 0.2) is 5.13 Å². The summed E-state index contributed by atoms with van der Waals surface area (Å²) < 4.78 is 5.58. The molecule has 2 atom stereocenters. The van der Waals surface area contributed by atoms with E-state index in [1.54, 1.807) is 11.3 Å². The van der Waals surface area contributed by atoms with E-state index >= 15 is 0 Å². The maximum Gasteiger partial charge on any atom is 0.185 e. The number of benzene rings is 1. The molecule has 106 valence electrons. The number of anilines is 1. The van der Waals surface area contributed by atoms with Gasteiger partial charge in [0.05, 0.1) is 11.8 Å². The second kappa shape index (κ2) is 5.94. The third-order valence-corrected chi connectivity index (χ3v) is 4.93. The van der Waals surface area contributed by atoms with Gasteiger partial charge in [-0.15, -0.1) is 11.3 Å². The quantitative estimate of drug-likeness (QED) is 0.861. The third-order valence-electron chi connectivity index (χ3n) is 4.02. The minimum absolute atomic E-state index is 0.313. The Hall–Kier alpha value is -1.39. The minimum atomic E-state index is 0.313. The van der Waals surface area contributed by atoms with E-state index < -0.39 is 0 Å². The third kappa shape index (κ3) is 2.72. The molecular weight excluding hydrogens is 268 g/mol. The zero-order chi connectivity index (χ0) is 13.9. The summed E-state index contributed by atoms with van der Waals surface area (Å²) in [7, 11) is 1.81. The van der Waals surface area contributed by atoms with Crippen LogP contribution in [0.3, 0.4) is 0 Å². The SMILES string of the molecule is COC1CN(c2nc(-c3ccccc3)cs2)CCC1C. The fourth-order valence-corrected chi connectivity index (χ4v) is 3.54. The van der Waals surface area contributed by atoms with Crippen molar-refractivity contribution in [2.45, 2.75) is 19.4 Å². The molecular formula is C16H20N2OS. The maximum atomic E-state index is 5.58. The molecule has 20 heavy (non-hydrogen) atoms. The first-order valence-corrected chi connectivity index (χ1v) is 7.94. The van der Waals surface area contributed by atoms with Crippen molar-refractivity contribution in [2.75, 3.05) is 25.1 Å². The molecule has 2 heterocycles. The number of rotatable bonds is 3. The highest BCUT2D eigenvalue weighted by molar-refractivity contribution is 7.14. The summed E-state index contributed by atoms with van der Waals surface area (Å²) in [6.45, 7) is 4.28. The largest absolute Gasteiger partial charge is 0.379 e. The Bertz CT molecular complexity index is 555. The molecule has 1 saturated heterocycles. The summed E-state index contributed by atoms with van der Waals surface area (Å²) in [5.41, 5.74) is 2.25. The topological polar surface area (TPSA) is 25.4 Å². The lowest BCUT2D eigenvalue weighted by Gasteiger charge is -2.36. The maximum absolute atomic E-state index is 5.58. The highest BCUT2D eigenvalue weighted by Gasteiger charge is 2.27. The highest BCUT2D eigenvalue weighted by atomic mass is 32.1. The number of hydrogen-bond acceptors (Lipinski definition) is 4. The van der Waals surface area contributed by atoms with Crippen molar-refractivity contribution in [3.05, 3.63) is 35.7 Å². The van der Waals surface area contributed by atoms with Crippen molar-refractivity contribution in [2.24, 2.45) is 5.92 Å². The van der Waals surface area contributed by atoms with Crippen LogP contribution < -0.4 is 4.90 Å². The van der Waals surface area contributed by atoms with Gasteiger partial charge >= 0.3 is 0 Å². The Kier molecular flexibility index (Phi) is 4.03. The molecule has 0 saturated carbocycles. The average molecular weight is 288 g/mol. The Morgan fingerprint density at radius 3 is 2.85 bits per heavy atom. The van der Waals surface area contributed by atoms with Crippen LogP contribution in [0.2, 0.25) is 0 Å². The molecule has 1 aromatic carbocycles. The van der Waals surface area contributed by atoms with Crippen molar-refractivity contribution in [1.82, 2.24) is 4.98 Å². The van der Waals surface area contributed by atoms with Gasteiger partial charge in [0, 0.05) is 31.1 Å². The van der Waals surface area contributed by atoms with Gasteiger partial charge in [-0.2, -0.15) is 0 Å². The van der Waals surface area contributed by atoms with Gasteiger partial charge in [0.1, 0.15) is 0 Å². The summed E-state index contributed by atoms with van der Waals surface area (Å²) in [5, 5.41) is 3.25. The van der Waals surface area contributed by atoms with Crippen LogP contribution in [0.15, 0.2) is 35.7 Å². The summed E-state index contributed by atoms with van der Waals surface area (Å²) in [5.74, 6) is 0.629. The highest BCUT2D eigenvalue weighted by Crippen LogP contribution is 2.30. The van der Waals surface area contributed by atoms with E-state index in [9.17, 15) is 0 Å². The number of nitrogens with zero attached hydrogens (tertiary/aromatic N) is 2. The van der Waals surface area contributed by atoms with E-state index in [-0.39, 0.29) is 0 Å². The van der Waals surface area contributed by atoms with Crippen LogP contribution in [0.4, 0.5) is 5.13 Å². The molecule has 3 nitrogen and oxygen atoms in total. The molecule has 0 radical (unpaired) electrons. The molecule has 1 aliphatic rings. The zero-order valence-corrected chi connectivity index (χ0v) is 12.8. The summed E-state index contributed by atoms with van der Waals surface area (Å²) in [6, 6.07) is 10.4. The van der Waals surface area contributed by atoms with Crippen LogP contribution in [0.1, 0.15) is 13.3 Å². The van der Waals surface area contributed by atoms with Gasteiger partial charge in [-0.05, 0) is 12.3 Å². The van der Waals surface area contributed by atoms with Crippen LogP contribution in [0.25, 0.3) is 11.3 Å². The van der Waals surface area contributed by atoms with Crippen molar-refractivity contribution in [3.63, 3.8) is 0 Å². The van der Waals surface area contributed by atoms with Crippen LogP contribution in [0.5, 0.6) is 0 Å². The second-order valence-electron chi connectivity index (χ2n) is 5.37. The number of piperidine rings is 1. The predicted molar refractivity (Wildman–Crippen MR) is 84.3 cm³/mol. The van der Waals surface area contributed by atoms with Crippen molar-refractivity contribution < 1.29 is 4.74 Å². The predicted octanol–water partition coefficient (Wildman–Crippen LogP) is 3.67. The first-order chi connectivity index (χ1) is 9.78. The normalized spacial score (nSPS) is 23.0. The molecule has 0 bridgehead atoms. The molecule has 1 aromatic heterocycles. The second-order valence-corrected chi connectivity index (χ2v) is 6.20. The molecule has 0 aliphatic carbocycles. The van der Waals surface area contributed by atoms with E-state index in [1.807, 2.05) is 13.2 Å². The summed E-state index contributed by atoms with van der Waals surface area (Å²) in [4.78, 5) is 7.14. The first-order valence-electron chi connectivity index (χ1n) is 7.06. The van der Waals surface area contributed by atoms with E-state index in [1.165, 1.54) is 12.0 Å². The lowest BCUT2D eigenvalue weighted by Crippen LogP contribution is -2.43. The van der Waals surface area contributed by atoms with Crippen LogP contribution >= 0.6 is 11.3 Å². The average Bonchev–Trinajstić information content (AvgIpc) is 2.98. The monoisotopic (exact) mass is 288 g/mol. The Morgan fingerprint density at radius 1 is 1.30 bits per heavy atom. The van der Waals surface area contributed by atoms with Gasteiger partial charge < -0.3 is 9.64 Å². The van der Waals surface area contributed by atoms with E-state index in [2.05, 4.69) is 41.5 Å². The molecule has 1 aliphatic heterocycles. The van der Waals surface area contributed by atoms with Crippen molar-refractivity contribution in [1.29, 1.82) is 0 Å². The van der Waals surface area contributed by atoms with Crippen LogP contribution in [0, 0.1) is 5.92 Å². The molecule has 1 fully saturated rings. The molecule has 4 heteroatoms. The van der Waals surface area contributed by atoms with Gasteiger partial charge in [0.2, 0.25) is 0 Å². The number of aromatic nitrogens is 1. The molecule has 2 aromatic rings. The van der Waals surface area contributed by atoms with Gasteiger partial charge in [-0.1, -0.05) is 37.3 Å². The van der Waals surface area contributed by atoms with Crippen LogP contribution in [-0.2, 0) is 4.74 Å². The number of hydrogen-bond donors (Lipinski definition) is 0. The fraction of sp³-hybridized carbons (Fsp3) is 0.438. The van der Waals surface area contributed by atoms with Crippen molar-refractivity contribution >= 4 is 16.5 Å². The zero-order valence-electron chi connectivity index (χ0n) is 12.0. The number of thiazole rings is 1. The number of ether oxygens (including phenoxy) is 1. The van der Waals surface area contributed by atoms with E-state index in [4.69, 9.17) is 9.72 Å². The first kappa shape index (κ1) is 13.6. The molecule has 0 spiro atoms. The van der Waals surface area contributed by atoms with Crippen LogP contribution in [-0.4, -0.2) is 31.3 Å². The van der Waals surface area contributed by atoms with Gasteiger partial charge in [0.25, 0.3) is 0 Å². The van der Waals surface area contributed by atoms with Gasteiger partial charge in [-0.3, -0.25) is 0 Å².